The quantitative estimate of drug-likeness (QED) is 0.879. The van der Waals surface area contributed by atoms with Crippen LogP contribution in [0.15, 0.2) is 24.3 Å². The van der Waals surface area contributed by atoms with E-state index in [2.05, 4.69) is 30.7 Å². The zero-order chi connectivity index (χ0) is 14.6. The summed E-state index contributed by atoms with van der Waals surface area (Å²) in [7, 11) is 0. The van der Waals surface area contributed by atoms with Gasteiger partial charge in [-0.1, -0.05) is 17.3 Å². The van der Waals surface area contributed by atoms with Crippen LogP contribution in [-0.4, -0.2) is 27.0 Å². The van der Waals surface area contributed by atoms with E-state index < -0.39 is 6.36 Å². The van der Waals surface area contributed by atoms with Crippen LogP contribution in [-0.2, 0) is 6.54 Å². The first-order valence-electron chi connectivity index (χ1n) is 5.75. The topological polar surface area (TPSA) is 75.7 Å². The lowest BCUT2D eigenvalue weighted by atomic mass is 10.1. The van der Waals surface area contributed by atoms with E-state index in [0.717, 1.165) is 5.56 Å². The average Bonchev–Trinajstić information content (AvgIpc) is 2.88. The Morgan fingerprint density at radius 2 is 2.00 bits per heavy atom. The SMILES string of the molecule is CC(NCc1nn[nH]n1)c1ccc(OC(F)(F)F)cc1. The highest BCUT2D eigenvalue weighted by atomic mass is 19.4. The van der Waals surface area contributed by atoms with Gasteiger partial charge in [0.1, 0.15) is 5.75 Å². The number of rotatable bonds is 5. The number of nitrogens with one attached hydrogen (secondary N) is 2. The Labute approximate surface area is 112 Å². The van der Waals surface area contributed by atoms with Gasteiger partial charge < -0.3 is 10.1 Å². The standard InChI is InChI=1S/C11H12F3N5O/c1-7(15-6-10-16-18-19-17-10)8-2-4-9(5-3-8)20-11(12,13)14/h2-5,7,15H,6H2,1H3,(H,16,17,18,19). The van der Waals surface area contributed by atoms with Gasteiger partial charge in [0.05, 0.1) is 6.54 Å². The fraction of sp³-hybridized carbons (Fsp3) is 0.364. The smallest absolute Gasteiger partial charge is 0.406 e. The molecule has 1 heterocycles. The monoisotopic (exact) mass is 287 g/mol. The molecular weight excluding hydrogens is 275 g/mol. The highest BCUT2D eigenvalue weighted by Gasteiger charge is 2.30. The number of H-pyrrole nitrogens is 1. The van der Waals surface area contributed by atoms with Crippen LogP contribution in [0.4, 0.5) is 13.2 Å². The van der Waals surface area contributed by atoms with E-state index in [1.54, 1.807) is 12.1 Å². The van der Waals surface area contributed by atoms with Crippen LogP contribution in [0.3, 0.4) is 0 Å². The predicted molar refractivity (Wildman–Crippen MR) is 62.6 cm³/mol. The Kier molecular flexibility index (Phi) is 4.18. The molecule has 1 unspecified atom stereocenters. The van der Waals surface area contributed by atoms with Gasteiger partial charge in [-0.05, 0) is 24.6 Å². The number of aromatic nitrogens is 4. The molecule has 0 aliphatic heterocycles. The third-order valence-electron chi connectivity index (χ3n) is 2.57. The Morgan fingerprint density at radius 1 is 1.30 bits per heavy atom. The second kappa shape index (κ2) is 5.87. The molecule has 2 rings (SSSR count). The van der Waals surface area contributed by atoms with Crippen molar-refractivity contribution >= 4 is 0 Å². The molecule has 0 saturated carbocycles. The summed E-state index contributed by atoms with van der Waals surface area (Å²) in [6, 6.07) is 5.60. The van der Waals surface area contributed by atoms with Gasteiger partial charge >= 0.3 is 6.36 Å². The molecule has 0 spiro atoms. The van der Waals surface area contributed by atoms with Crippen LogP contribution in [0.5, 0.6) is 5.75 Å². The van der Waals surface area contributed by atoms with Crippen LogP contribution < -0.4 is 10.1 Å². The zero-order valence-corrected chi connectivity index (χ0v) is 10.5. The predicted octanol–water partition coefficient (Wildman–Crippen LogP) is 1.95. The molecule has 0 bridgehead atoms. The molecule has 0 radical (unpaired) electrons. The molecule has 0 aliphatic rings. The van der Waals surface area contributed by atoms with E-state index in [1.807, 2.05) is 6.92 Å². The van der Waals surface area contributed by atoms with Crippen LogP contribution >= 0.6 is 0 Å². The van der Waals surface area contributed by atoms with Crippen LogP contribution in [0, 0.1) is 0 Å². The van der Waals surface area contributed by atoms with E-state index >= 15 is 0 Å². The highest BCUT2D eigenvalue weighted by Crippen LogP contribution is 2.24. The Hall–Kier alpha value is -2.16. The number of hydrogen-bond donors (Lipinski definition) is 2. The summed E-state index contributed by atoms with van der Waals surface area (Å²) in [5, 5.41) is 16.4. The van der Waals surface area contributed by atoms with E-state index in [4.69, 9.17) is 0 Å². The molecule has 1 aromatic carbocycles. The fourth-order valence-corrected chi connectivity index (χ4v) is 1.58. The normalized spacial score (nSPS) is 13.2. The van der Waals surface area contributed by atoms with Gasteiger partial charge in [0.25, 0.3) is 0 Å². The molecule has 0 saturated heterocycles. The van der Waals surface area contributed by atoms with Gasteiger partial charge in [-0.25, -0.2) is 0 Å². The number of hydrogen-bond acceptors (Lipinski definition) is 5. The molecule has 1 aromatic heterocycles. The third kappa shape index (κ3) is 4.19. The van der Waals surface area contributed by atoms with Crippen molar-refractivity contribution in [3.63, 3.8) is 0 Å². The summed E-state index contributed by atoms with van der Waals surface area (Å²) >= 11 is 0. The zero-order valence-electron chi connectivity index (χ0n) is 10.5. The molecule has 6 nitrogen and oxygen atoms in total. The van der Waals surface area contributed by atoms with Gasteiger partial charge in [-0.3, -0.25) is 0 Å². The lowest BCUT2D eigenvalue weighted by Crippen LogP contribution is -2.19. The second-order valence-corrected chi connectivity index (χ2v) is 4.05. The second-order valence-electron chi connectivity index (χ2n) is 4.05. The van der Waals surface area contributed by atoms with Crippen molar-refractivity contribution in [1.82, 2.24) is 25.9 Å². The minimum atomic E-state index is -4.68. The summed E-state index contributed by atoms with van der Waals surface area (Å²) in [6.45, 7) is 2.28. The number of nitrogens with zero attached hydrogens (tertiary/aromatic N) is 3. The van der Waals surface area contributed by atoms with E-state index in [9.17, 15) is 13.2 Å². The number of tetrazole rings is 1. The minimum Gasteiger partial charge on any atom is -0.406 e. The molecule has 2 aromatic rings. The molecular formula is C11H12F3N5O. The highest BCUT2D eigenvalue weighted by molar-refractivity contribution is 5.29. The average molecular weight is 287 g/mol. The summed E-state index contributed by atoms with van der Waals surface area (Å²) in [6.07, 6.45) is -4.68. The van der Waals surface area contributed by atoms with Crippen molar-refractivity contribution in [3.8, 4) is 5.75 Å². The molecule has 1 atom stereocenters. The van der Waals surface area contributed by atoms with Crippen molar-refractivity contribution in [3.05, 3.63) is 35.7 Å². The summed E-state index contributed by atoms with van der Waals surface area (Å²) in [5.74, 6) is 0.264. The largest absolute Gasteiger partial charge is 0.573 e. The number of alkyl halides is 3. The molecule has 0 fully saturated rings. The summed E-state index contributed by atoms with van der Waals surface area (Å²) in [4.78, 5) is 0. The van der Waals surface area contributed by atoms with Crippen molar-refractivity contribution in [2.75, 3.05) is 0 Å². The molecule has 0 aliphatic carbocycles. The first kappa shape index (κ1) is 14.3. The molecule has 0 amide bonds. The maximum Gasteiger partial charge on any atom is 0.573 e. The first-order chi connectivity index (χ1) is 9.44. The van der Waals surface area contributed by atoms with Gasteiger partial charge in [0.2, 0.25) is 0 Å². The van der Waals surface area contributed by atoms with Crippen molar-refractivity contribution < 1.29 is 17.9 Å². The maximum atomic E-state index is 12.0. The van der Waals surface area contributed by atoms with E-state index in [1.165, 1.54) is 12.1 Å². The van der Waals surface area contributed by atoms with Gasteiger partial charge in [-0.15, -0.1) is 23.4 Å². The molecule has 9 heteroatoms. The molecule has 2 N–H and O–H groups in total. The number of ether oxygens (including phenoxy) is 1. The third-order valence-corrected chi connectivity index (χ3v) is 2.57. The van der Waals surface area contributed by atoms with Crippen molar-refractivity contribution in [2.45, 2.75) is 25.9 Å². The van der Waals surface area contributed by atoms with E-state index in [0.29, 0.717) is 12.4 Å². The summed E-state index contributed by atoms with van der Waals surface area (Å²) in [5.41, 5.74) is 0.822. The fourth-order valence-electron chi connectivity index (χ4n) is 1.58. The van der Waals surface area contributed by atoms with Gasteiger partial charge in [-0.2, -0.15) is 5.21 Å². The number of benzene rings is 1. The van der Waals surface area contributed by atoms with Crippen LogP contribution in [0.2, 0.25) is 0 Å². The lowest BCUT2D eigenvalue weighted by Gasteiger charge is -2.14. The Bertz CT molecular complexity index is 526. The van der Waals surface area contributed by atoms with Gasteiger partial charge in [0, 0.05) is 6.04 Å². The first-order valence-corrected chi connectivity index (χ1v) is 5.75. The maximum absolute atomic E-state index is 12.0. The molecule has 108 valence electrons. The Morgan fingerprint density at radius 3 is 2.55 bits per heavy atom. The van der Waals surface area contributed by atoms with Crippen molar-refractivity contribution in [2.24, 2.45) is 0 Å². The summed E-state index contributed by atoms with van der Waals surface area (Å²) < 4.78 is 39.9. The van der Waals surface area contributed by atoms with Crippen molar-refractivity contribution in [1.29, 1.82) is 0 Å². The van der Waals surface area contributed by atoms with E-state index in [-0.39, 0.29) is 11.8 Å². The number of halogens is 3. The van der Waals surface area contributed by atoms with Crippen LogP contribution in [0.1, 0.15) is 24.4 Å². The van der Waals surface area contributed by atoms with Gasteiger partial charge in [0.15, 0.2) is 5.82 Å². The lowest BCUT2D eigenvalue weighted by molar-refractivity contribution is -0.274. The Balaban J connectivity index is 1.91. The minimum absolute atomic E-state index is 0.0755. The molecule has 20 heavy (non-hydrogen) atoms. The number of aromatic amines is 1. The van der Waals surface area contributed by atoms with Crippen LogP contribution in [0.25, 0.3) is 0 Å².